The number of hydrogen-bond donors (Lipinski definition) is 1. The summed E-state index contributed by atoms with van der Waals surface area (Å²) in [7, 11) is 0. The molecule has 1 fully saturated rings. The number of likely N-dealkylation sites (tertiary alicyclic amines) is 1. The van der Waals surface area contributed by atoms with Crippen molar-refractivity contribution in [2.24, 2.45) is 5.92 Å². The van der Waals surface area contributed by atoms with Crippen LogP contribution in [0.1, 0.15) is 37.3 Å². The summed E-state index contributed by atoms with van der Waals surface area (Å²) in [6, 6.07) is 8.61. The average Bonchev–Trinajstić information content (AvgIpc) is 2.46. The van der Waals surface area contributed by atoms with Gasteiger partial charge in [0.05, 0.1) is 6.61 Å². The highest BCUT2D eigenvalue weighted by Gasteiger charge is 2.31. The van der Waals surface area contributed by atoms with E-state index in [0.29, 0.717) is 12.5 Å². The van der Waals surface area contributed by atoms with Crippen LogP contribution in [0.5, 0.6) is 5.75 Å². The Balaban J connectivity index is 1.74. The molecule has 1 aromatic carbocycles. The zero-order valence-corrected chi connectivity index (χ0v) is 11.6. The van der Waals surface area contributed by atoms with Gasteiger partial charge in [-0.15, -0.1) is 0 Å². The van der Waals surface area contributed by atoms with Crippen molar-refractivity contribution in [3.05, 3.63) is 29.8 Å². The van der Waals surface area contributed by atoms with E-state index in [9.17, 15) is 4.79 Å². The van der Waals surface area contributed by atoms with Crippen molar-refractivity contribution < 1.29 is 14.6 Å². The van der Waals surface area contributed by atoms with E-state index in [0.717, 1.165) is 44.7 Å². The van der Waals surface area contributed by atoms with Crippen LogP contribution in [0.4, 0.5) is 0 Å². The maximum absolute atomic E-state index is 10.9. The first-order valence-electron chi connectivity index (χ1n) is 7.41. The van der Waals surface area contributed by atoms with Crippen LogP contribution in [0.25, 0.3) is 0 Å². The Bertz CT molecular complexity index is 488. The van der Waals surface area contributed by atoms with Gasteiger partial charge in [-0.3, -0.25) is 9.69 Å². The Morgan fingerprint density at radius 3 is 3.05 bits per heavy atom. The van der Waals surface area contributed by atoms with Crippen molar-refractivity contribution in [3.8, 4) is 5.75 Å². The van der Waals surface area contributed by atoms with E-state index in [-0.39, 0.29) is 5.92 Å². The third-order valence-corrected chi connectivity index (χ3v) is 4.38. The first kappa shape index (κ1) is 13.4. The van der Waals surface area contributed by atoms with E-state index in [1.54, 1.807) is 0 Å². The standard InChI is InChI=1S/C16H21NO3/c18-16(19)10-12-4-3-8-17(11-12)14-7-9-20-15-6-2-1-5-13(14)15/h1-2,5-6,12,14H,3-4,7-11H2,(H,18,19). The molecular weight excluding hydrogens is 254 g/mol. The SMILES string of the molecule is O=C(O)CC1CCCN(C2CCOc3ccccc32)C1. The van der Waals surface area contributed by atoms with Crippen molar-refractivity contribution in [2.75, 3.05) is 19.7 Å². The minimum absolute atomic E-state index is 0.288. The third kappa shape index (κ3) is 2.80. The van der Waals surface area contributed by atoms with E-state index in [1.165, 1.54) is 5.56 Å². The number of fused-ring (bicyclic) bond motifs is 1. The van der Waals surface area contributed by atoms with Crippen molar-refractivity contribution >= 4 is 5.97 Å². The zero-order valence-electron chi connectivity index (χ0n) is 11.6. The summed E-state index contributed by atoms with van der Waals surface area (Å²) in [6.45, 7) is 2.71. The molecular formula is C16H21NO3. The second-order valence-electron chi connectivity index (χ2n) is 5.79. The van der Waals surface area contributed by atoms with Gasteiger partial charge in [0.25, 0.3) is 0 Å². The van der Waals surface area contributed by atoms with Gasteiger partial charge in [-0.1, -0.05) is 18.2 Å². The molecule has 0 aliphatic carbocycles. The predicted octanol–water partition coefficient (Wildman–Crippen LogP) is 2.70. The average molecular weight is 275 g/mol. The van der Waals surface area contributed by atoms with E-state index < -0.39 is 5.97 Å². The van der Waals surface area contributed by atoms with E-state index in [4.69, 9.17) is 9.84 Å². The van der Waals surface area contributed by atoms with Gasteiger partial charge in [0.1, 0.15) is 5.75 Å². The Morgan fingerprint density at radius 2 is 2.20 bits per heavy atom. The Labute approximate surface area is 119 Å². The molecule has 0 aromatic heterocycles. The molecule has 2 aliphatic heterocycles. The summed E-state index contributed by atoms with van der Waals surface area (Å²) in [5, 5.41) is 8.98. The smallest absolute Gasteiger partial charge is 0.303 e. The summed E-state index contributed by atoms with van der Waals surface area (Å²) in [6.07, 6.45) is 3.42. The highest BCUT2D eigenvalue weighted by Crippen LogP contribution is 2.37. The van der Waals surface area contributed by atoms with Gasteiger partial charge in [0.2, 0.25) is 0 Å². The number of ether oxygens (including phenoxy) is 1. The van der Waals surface area contributed by atoms with Gasteiger partial charge in [-0.05, 0) is 31.4 Å². The normalized spacial score (nSPS) is 26.6. The minimum atomic E-state index is -0.677. The first-order valence-corrected chi connectivity index (χ1v) is 7.41. The fourth-order valence-electron chi connectivity index (χ4n) is 3.50. The molecule has 1 N–H and O–H groups in total. The second kappa shape index (κ2) is 5.83. The Kier molecular flexibility index (Phi) is 3.92. The molecule has 2 atom stereocenters. The number of nitrogens with zero attached hydrogens (tertiary/aromatic N) is 1. The number of aliphatic carboxylic acids is 1. The molecule has 1 saturated heterocycles. The van der Waals surface area contributed by atoms with Crippen LogP contribution >= 0.6 is 0 Å². The van der Waals surface area contributed by atoms with Crippen molar-refractivity contribution in [1.82, 2.24) is 4.90 Å². The number of hydrogen-bond acceptors (Lipinski definition) is 3. The van der Waals surface area contributed by atoms with Gasteiger partial charge >= 0.3 is 5.97 Å². The molecule has 0 bridgehead atoms. The van der Waals surface area contributed by atoms with Crippen LogP contribution in [0, 0.1) is 5.92 Å². The number of carboxylic acid groups (broad SMARTS) is 1. The lowest BCUT2D eigenvalue weighted by atomic mass is 9.91. The second-order valence-corrected chi connectivity index (χ2v) is 5.79. The Morgan fingerprint density at radius 1 is 1.35 bits per heavy atom. The maximum atomic E-state index is 10.9. The van der Waals surface area contributed by atoms with Crippen LogP contribution in [0.2, 0.25) is 0 Å². The highest BCUT2D eigenvalue weighted by molar-refractivity contribution is 5.67. The molecule has 4 nitrogen and oxygen atoms in total. The lowest BCUT2D eigenvalue weighted by molar-refractivity contribution is -0.138. The van der Waals surface area contributed by atoms with E-state index in [2.05, 4.69) is 17.0 Å². The minimum Gasteiger partial charge on any atom is -0.493 e. The number of para-hydroxylation sites is 1. The van der Waals surface area contributed by atoms with Crippen LogP contribution in [0.15, 0.2) is 24.3 Å². The third-order valence-electron chi connectivity index (χ3n) is 4.38. The molecule has 0 radical (unpaired) electrons. The molecule has 4 heteroatoms. The lowest BCUT2D eigenvalue weighted by Crippen LogP contribution is -2.40. The lowest BCUT2D eigenvalue weighted by Gasteiger charge is -2.40. The Hall–Kier alpha value is -1.55. The molecule has 2 aliphatic rings. The van der Waals surface area contributed by atoms with Crippen LogP contribution in [0.3, 0.4) is 0 Å². The molecule has 108 valence electrons. The van der Waals surface area contributed by atoms with E-state index in [1.807, 2.05) is 12.1 Å². The summed E-state index contributed by atoms with van der Waals surface area (Å²) in [5.74, 6) is 0.601. The molecule has 3 rings (SSSR count). The molecule has 0 amide bonds. The van der Waals surface area contributed by atoms with Crippen LogP contribution in [-0.4, -0.2) is 35.7 Å². The van der Waals surface area contributed by atoms with Crippen molar-refractivity contribution in [2.45, 2.75) is 31.7 Å². The largest absolute Gasteiger partial charge is 0.493 e. The number of benzene rings is 1. The summed E-state index contributed by atoms with van der Waals surface area (Å²) in [5.41, 5.74) is 1.26. The van der Waals surface area contributed by atoms with Crippen molar-refractivity contribution in [1.29, 1.82) is 0 Å². The van der Waals surface area contributed by atoms with Crippen molar-refractivity contribution in [3.63, 3.8) is 0 Å². The topological polar surface area (TPSA) is 49.8 Å². The number of carboxylic acids is 1. The van der Waals surface area contributed by atoms with Crippen LogP contribution in [-0.2, 0) is 4.79 Å². The molecule has 2 unspecified atom stereocenters. The number of rotatable bonds is 3. The summed E-state index contributed by atoms with van der Waals surface area (Å²) < 4.78 is 5.72. The van der Waals surface area contributed by atoms with Gasteiger partial charge in [-0.2, -0.15) is 0 Å². The summed E-state index contributed by atoms with van der Waals surface area (Å²) in [4.78, 5) is 13.4. The van der Waals surface area contributed by atoms with E-state index >= 15 is 0 Å². The van der Waals surface area contributed by atoms with Gasteiger partial charge in [-0.25, -0.2) is 0 Å². The zero-order chi connectivity index (χ0) is 13.9. The van der Waals surface area contributed by atoms with Gasteiger partial charge < -0.3 is 9.84 Å². The van der Waals surface area contributed by atoms with Gasteiger partial charge in [0, 0.05) is 31.0 Å². The molecule has 0 saturated carbocycles. The fraction of sp³-hybridized carbons (Fsp3) is 0.562. The maximum Gasteiger partial charge on any atom is 0.303 e. The number of piperidine rings is 1. The first-order chi connectivity index (χ1) is 9.74. The molecule has 2 heterocycles. The highest BCUT2D eigenvalue weighted by atomic mass is 16.5. The molecule has 20 heavy (non-hydrogen) atoms. The predicted molar refractivity (Wildman–Crippen MR) is 75.8 cm³/mol. The van der Waals surface area contributed by atoms with Gasteiger partial charge in [0.15, 0.2) is 0 Å². The quantitative estimate of drug-likeness (QED) is 0.921. The number of carbonyl (C=O) groups is 1. The molecule has 0 spiro atoms. The molecule has 1 aromatic rings. The van der Waals surface area contributed by atoms with Crippen LogP contribution < -0.4 is 4.74 Å². The monoisotopic (exact) mass is 275 g/mol. The fourth-order valence-corrected chi connectivity index (χ4v) is 3.50. The summed E-state index contributed by atoms with van der Waals surface area (Å²) >= 11 is 0.